The van der Waals surface area contributed by atoms with Crippen molar-refractivity contribution in [2.24, 2.45) is 0 Å². The second kappa shape index (κ2) is 8.45. The molecule has 2 saturated heterocycles. The minimum absolute atomic E-state index is 0.0241. The number of hydrogen-bond acceptors (Lipinski definition) is 6. The van der Waals surface area contributed by atoms with Gasteiger partial charge in [-0.2, -0.15) is 0 Å². The van der Waals surface area contributed by atoms with Crippen LogP contribution in [0.25, 0.3) is 0 Å². The molecule has 1 aromatic carbocycles. The maximum atomic E-state index is 12.4. The van der Waals surface area contributed by atoms with E-state index < -0.39 is 16.1 Å². The van der Waals surface area contributed by atoms with Gasteiger partial charge in [-0.25, -0.2) is 13.1 Å². The van der Waals surface area contributed by atoms with E-state index >= 15 is 0 Å². The monoisotopic (exact) mass is 420 g/mol. The van der Waals surface area contributed by atoms with E-state index in [4.69, 9.17) is 21.1 Å². The smallest absolute Gasteiger partial charge is 0.233 e. The van der Waals surface area contributed by atoms with Crippen LogP contribution in [0.3, 0.4) is 0 Å². The van der Waals surface area contributed by atoms with Gasteiger partial charge in [0.15, 0.2) is 0 Å². The lowest BCUT2D eigenvalue weighted by Gasteiger charge is -2.18. The van der Waals surface area contributed by atoms with Gasteiger partial charge < -0.3 is 14.4 Å². The summed E-state index contributed by atoms with van der Waals surface area (Å²) >= 11 is 7.32. The van der Waals surface area contributed by atoms with Gasteiger partial charge in [0.25, 0.3) is 0 Å². The Kier molecular flexibility index (Phi) is 6.47. The van der Waals surface area contributed by atoms with E-state index in [-0.39, 0.29) is 31.3 Å². The highest BCUT2D eigenvalue weighted by Crippen LogP contribution is 2.24. The zero-order chi connectivity index (χ0) is 18.7. The number of thioether (sulfide) groups is 1. The van der Waals surface area contributed by atoms with Crippen molar-refractivity contribution in [3.05, 3.63) is 29.3 Å². The minimum Gasteiger partial charge on any atom is -0.372 e. The normalized spacial score (nSPS) is 24.3. The van der Waals surface area contributed by atoms with Crippen molar-refractivity contribution < 1.29 is 22.7 Å². The number of rotatable bonds is 5. The summed E-state index contributed by atoms with van der Waals surface area (Å²) < 4.78 is 36.7. The minimum atomic E-state index is -3.31. The Morgan fingerprint density at radius 3 is 2.35 bits per heavy atom. The summed E-state index contributed by atoms with van der Waals surface area (Å²) in [4.78, 5) is 15.2. The molecule has 3 rings (SSSR count). The standard InChI is InChI=1S/C16H21ClN2O5S2/c1-26(21,22)18-12-8-23-14-6-19(7-15(14)24-9-12)16(20)10-25-13-4-2-11(17)3-5-13/h2-5,12,14-15,18H,6-10H2,1H3/t14-,15-/m0/s1. The van der Waals surface area contributed by atoms with E-state index in [0.717, 1.165) is 11.2 Å². The van der Waals surface area contributed by atoms with Crippen molar-refractivity contribution in [1.29, 1.82) is 0 Å². The van der Waals surface area contributed by atoms with Gasteiger partial charge in [0.05, 0.1) is 31.3 Å². The van der Waals surface area contributed by atoms with Crippen molar-refractivity contribution in [2.75, 3.05) is 38.3 Å². The topological polar surface area (TPSA) is 84.9 Å². The van der Waals surface area contributed by atoms with E-state index in [1.54, 1.807) is 17.0 Å². The number of amides is 1. The summed E-state index contributed by atoms with van der Waals surface area (Å²) in [5.41, 5.74) is 0. The molecule has 0 unspecified atom stereocenters. The molecule has 0 aromatic heterocycles. The molecule has 2 aliphatic heterocycles. The number of carbonyl (C=O) groups excluding carboxylic acids is 1. The van der Waals surface area contributed by atoms with Crippen LogP contribution < -0.4 is 4.72 Å². The van der Waals surface area contributed by atoms with E-state index in [9.17, 15) is 13.2 Å². The van der Waals surface area contributed by atoms with Crippen LogP contribution in [0.15, 0.2) is 29.2 Å². The summed E-state index contributed by atoms with van der Waals surface area (Å²) in [6.07, 6.45) is 0.647. The third-order valence-electron chi connectivity index (χ3n) is 4.15. The van der Waals surface area contributed by atoms with Gasteiger partial charge in [-0.1, -0.05) is 11.6 Å². The Balaban J connectivity index is 1.48. The van der Waals surface area contributed by atoms with Crippen molar-refractivity contribution in [3.8, 4) is 0 Å². The SMILES string of the molecule is CS(=O)(=O)NC1CO[C@H]2CN(C(=O)CSc3ccc(Cl)cc3)C[C@@H]2OC1. The van der Waals surface area contributed by atoms with Crippen LogP contribution in [0, 0.1) is 0 Å². The van der Waals surface area contributed by atoms with Crippen LogP contribution in [0.4, 0.5) is 0 Å². The Morgan fingerprint density at radius 1 is 1.23 bits per heavy atom. The van der Waals surface area contributed by atoms with Crippen LogP contribution in [-0.2, 0) is 24.3 Å². The first-order valence-corrected chi connectivity index (χ1v) is 11.4. The van der Waals surface area contributed by atoms with Gasteiger partial charge in [-0.3, -0.25) is 4.79 Å². The van der Waals surface area contributed by atoms with Crippen molar-refractivity contribution in [2.45, 2.75) is 23.1 Å². The number of nitrogens with one attached hydrogen (secondary N) is 1. The second-order valence-electron chi connectivity index (χ2n) is 6.37. The summed E-state index contributed by atoms with van der Waals surface area (Å²) in [7, 11) is -3.31. The summed E-state index contributed by atoms with van der Waals surface area (Å²) in [6.45, 7) is 1.37. The average Bonchev–Trinajstić information content (AvgIpc) is 2.90. The van der Waals surface area contributed by atoms with Crippen LogP contribution in [-0.4, -0.2) is 75.8 Å². The third-order valence-corrected chi connectivity index (χ3v) is 6.16. The predicted molar refractivity (Wildman–Crippen MR) is 100 cm³/mol. The molecule has 7 nitrogen and oxygen atoms in total. The van der Waals surface area contributed by atoms with E-state index in [1.165, 1.54) is 11.8 Å². The average molecular weight is 421 g/mol. The van der Waals surface area contributed by atoms with Gasteiger partial charge in [-0.15, -0.1) is 11.8 Å². The van der Waals surface area contributed by atoms with Crippen LogP contribution >= 0.6 is 23.4 Å². The maximum Gasteiger partial charge on any atom is 0.233 e. The second-order valence-corrected chi connectivity index (χ2v) is 9.64. The lowest BCUT2D eigenvalue weighted by atomic mass is 10.3. The van der Waals surface area contributed by atoms with Crippen LogP contribution in [0.5, 0.6) is 0 Å². The molecule has 2 atom stereocenters. The largest absolute Gasteiger partial charge is 0.372 e. The number of likely N-dealkylation sites (tertiary alicyclic amines) is 1. The Bertz CT molecular complexity index is 728. The molecule has 2 fully saturated rings. The fourth-order valence-corrected chi connectivity index (χ4v) is 4.60. The zero-order valence-electron chi connectivity index (χ0n) is 14.3. The van der Waals surface area contributed by atoms with Gasteiger partial charge in [-0.05, 0) is 24.3 Å². The summed E-state index contributed by atoms with van der Waals surface area (Å²) in [5, 5.41) is 0.665. The molecular weight excluding hydrogens is 400 g/mol. The number of halogens is 1. The predicted octanol–water partition coefficient (Wildman–Crippen LogP) is 0.976. The number of sulfonamides is 1. The molecule has 0 spiro atoms. The molecule has 0 aliphatic carbocycles. The van der Waals surface area contributed by atoms with Gasteiger partial charge in [0.2, 0.25) is 15.9 Å². The highest BCUT2D eigenvalue weighted by atomic mass is 35.5. The van der Waals surface area contributed by atoms with Crippen LogP contribution in [0.1, 0.15) is 0 Å². The Hall–Kier alpha value is -0.840. The van der Waals surface area contributed by atoms with E-state index in [0.29, 0.717) is 23.9 Å². The molecule has 0 saturated carbocycles. The van der Waals surface area contributed by atoms with Crippen molar-refractivity contribution >= 4 is 39.3 Å². The molecule has 1 N–H and O–H groups in total. The third kappa shape index (κ3) is 5.58. The molecule has 0 radical (unpaired) electrons. The number of hydrogen-bond donors (Lipinski definition) is 1. The first kappa shape index (κ1) is 19.9. The molecule has 2 heterocycles. The fourth-order valence-electron chi connectivity index (χ4n) is 2.93. The highest BCUT2D eigenvalue weighted by Gasteiger charge is 2.39. The fraction of sp³-hybridized carbons (Fsp3) is 0.562. The molecule has 10 heteroatoms. The van der Waals surface area contributed by atoms with E-state index in [1.807, 2.05) is 12.1 Å². The quantitative estimate of drug-likeness (QED) is 0.715. The Labute approximate surface area is 162 Å². The number of fused-ring (bicyclic) bond motifs is 1. The molecule has 1 aromatic rings. The molecule has 26 heavy (non-hydrogen) atoms. The van der Waals surface area contributed by atoms with Gasteiger partial charge in [0, 0.05) is 23.0 Å². The molecule has 144 valence electrons. The van der Waals surface area contributed by atoms with Crippen molar-refractivity contribution in [3.63, 3.8) is 0 Å². The maximum absolute atomic E-state index is 12.4. The highest BCUT2D eigenvalue weighted by molar-refractivity contribution is 8.00. The van der Waals surface area contributed by atoms with Gasteiger partial charge >= 0.3 is 0 Å². The number of ether oxygens (including phenoxy) is 2. The first-order valence-electron chi connectivity index (χ1n) is 8.17. The molecule has 2 aliphatic rings. The Morgan fingerprint density at radius 2 is 1.81 bits per heavy atom. The first-order chi connectivity index (χ1) is 12.3. The number of benzene rings is 1. The van der Waals surface area contributed by atoms with Gasteiger partial charge in [0.1, 0.15) is 12.2 Å². The number of carbonyl (C=O) groups is 1. The molecular formula is C16H21ClN2O5S2. The number of nitrogens with zero attached hydrogens (tertiary/aromatic N) is 1. The van der Waals surface area contributed by atoms with Crippen LogP contribution in [0.2, 0.25) is 5.02 Å². The van der Waals surface area contributed by atoms with Crippen molar-refractivity contribution in [1.82, 2.24) is 9.62 Å². The van der Waals surface area contributed by atoms with E-state index in [2.05, 4.69) is 4.72 Å². The zero-order valence-corrected chi connectivity index (χ0v) is 16.6. The molecule has 0 bridgehead atoms. The molecule has 1 amide bonds. The lowest BCUT2D eigenvalue weighted by Crippen LogP contribution is -2.41. The summed E-state index contributed by atoms with van der Waals surface area (Å²) in [5.74, 6) is 0.357. The lowest BCUT2D eigenvalue weighted by molar-refractivity contribution is -0.128. The summed E-state index contributed by atoms with van der Waals surface area (Å²) in [6, 6.07) is 6.96.